The van der Waals surface area contributed by atoms with Gasteiger partial charge in [0, 0.05) is 0 Å². The van der Waals surface area contributed by atoms with Gasteiger partial charge >= 0.3 is 6.03 Å². The third-order valence-corrected chi connectivity index (χ3v) is 3.20. The lowest BCUT2D eigenvalue weighted by Crippen LogP contribution is -2.43. The van der Waals surface area contributed by atoms with Gasteiger partial charge in [-0.15, -0.1) is 0 Å². The Bertz CT molecular complexity index is 521. The number of nitrogens with one attached hydrogen (secondary N) is 1. The molecule has 0 radical (unpaired) electrons. The molecular formula is C13H13N3O2. The van der Waals surface area contributed by atoms with E-state index in [0.717, 1.165) is 10.5 Å². The zero-order valence-corrected chi connectivity index (χ0v) is 10.0. The van der Waals surface area contributed by atoms with E-state index in [1.165, 1.54) is 0 Å². The van der Waals surface area contributed by atoms with E-state index in [-0.39, 0.29) is 12.5 Å². The molecule has 0 saturated carbocycles. The van der Waals surface area contributed by atoms with E-state index in [2.05, 4.69) is 5.32 Å². The molecule has 0 aromatic heterocycles. The molecular weight excluding hydrogens is 230 g/mol. The highest BCUT2D eigenvalue weighted by molar-refractivity contribution is 6.07. The van der Waals surface area contributed by atoms with Crippen molar-refractivity contribution in [2.45, 2.75) is 18.9 Å². The summed E-state index contributed by atoms with van der Waals surface area (Å²) in [5.41, 5.74) is -0.291. The van der Waals surface area contributed by atoms with Crippen LogP contribution < -0.4 is 5.32 Å². The normalized spacial score (nSPS) is 22.8. The minimum Gasteiger partial charge on any atom is -0.319 e. The van der Waals surface area contributed by atoms with Gasteiger partial charge in [-0.1, -0.05) is 37.3 Å². The number of urea groups is 1. The average Bonchev–Trinajstić information content (AvgIpc) is 2.65. The summed E-state index contributed by atoms with van der Waals surface area (Å²) in [6.45, 7) is 1.61. The van der Waals surface area contributed by atoms with Crippen molar-refractivity contribution in [2.24, 2.45) is 0 Å². The van der Waals surface area contributed by atoms with E-state index in [9.17, 15) is 9.59 Å². The van der Waals surface area contributed by atoms with E-state index < -0.39 is 11.6 Å². The first-order valence-electron chi connectivity index (χ1n) is 5.72. The molecule has 1 heterocycles. The summed E-state index contributed by atoms with van der Waals surface area (Å²) in [6.07, 6.45) is 0.448. The quantitative estimate of drug-likeness (QED) is 0.643. The van der Waals surface area contributed by atoms with Gasteiger partial charge in [0.25, 0.3) is 5.91 Å². The molecule has 1 N–H and O–H groups in total. The van der Waals surface area contributed by atoms with Crippen molar-refractivity contribution in [3.8, 4) is 6.07 Å². The highest BCUT2D eigenvalue weighted by atomic mass is 16.2. The van der Waals surface area contributed by atoms with Crippen LogP contribution in [-0.4, -0.2) is 23.4 Å². The van der Waals surface area contributed by atoms with E-state index in [4.69, 9.17) is 5.26 Å². The molecule has 1 aromatic rings. The van der Waals surface area contributed by atoms with Crippen molar-refractivity contribution >= 4 is 11.9 Å². The second-order valence-corrected chi connectivity index (χ2v) is 4.10. The highest BCUT2D eigenvalue weighted by Crippen LogP contribution is 2.31. The van der Waals surface area contributed by atoms with Crippen LogP contribution in [-0.2, 0) is 10.3 Å². The predicted octanol–water partition coefficient (Wildman–Crippen LogP) is 1.37. The SMILES string of the molecule is CC[C@]1(c2ccccc2)NC(=O)N(CC#N)C1=O. The summed E-state index contributed by atoms with van der Waals surface area (Å²) in [7, 11) is 0. The van der Waals surface area contributed by atoms with Gasteiger partial charge in [0.1, 0.15) is 12.1 Å². The topological polar surface area (TPSA) is 73.2 Å². The summed E-state index contributed by atoms with van der Waals surface area (Å²) in [5.74, 6) is -0.359. The number of nitrogens with zero attached hydrogens (tertiary/aromatic N) is 2. The maximum atomic E-state index is 12.4. The number of carbonyl (C=O) groups is 2. The van der Waals surface area contributed by atoms with Gasteiger partial charge in [0.05, 0.1) is 6.07 Å². The van der Waals surface area contributed by atoms with Gasteiger partial charge in [-0.25, -0.2) is 9.69 Å². The Kier molecular flexibility index (Phi) is 3.02. The second-order valence-electron chi connectivity index (χ2n) is 4.10. The van der Waals surface area contributed by atoms with Crippen molar-refractivity contribution < 1.29 is 9.59 Å². The van der Waals surface area contributed by atoms with Crippen LogP contribution in [0.4, 0.5) is 4.79 Å². The number of amides is 3. The number of nitriles is 1. The minimum absolute atomic E-state index is 0.223. The zero-order chi connectivity index (χ0) is 13.2. The summed E-state index contributed by atoms with van der Waals surface area (Å²) in [5, 5.41) is 11.4. The molecule has 3 amide bonds. The summed E-state index contributed by atoms with van der Waals surface area (Å²) >= 11 is 0. The monoisotopic (exact) mass is 243 g/mol. The fourth-order valence-electron chi connectivity index (χ4n) is 2.20. The lowest BCUT2D eigenvalue weighted by Gasteiger charge is -2.25. The third-order valence-electron chi connectivity index (χ3n) is 3.20. The molecule has 18 heavy (non-hydrogen) atoms. The number of imide groups is 1. The van der Waals surface area contributed by atoms with E-state index in [1.807, 2.05) is 31.2 Å². The molecule has 1 atom stereocenters. The molecule has 2 rings (SSSR count). The van der Waals surface area contributed by atoms with Crippen molar-refractivity contribution in [2.75, 3.05) is 6.54 Å². The van der Waals surface area contributed by atoms with Crippen LogP contribution >= 0.6 is 0 Å². The molecule has 0 spiro atoms. The van der Waals surface area contributed by atoms with Crippen molar-refractivity contribution in [1.82, 2.24) is 10.2 Å². The van der Waals surface area contributed by atoms with Crippen LogP contribution in [0.2, 0.25) is 0 Å². The van der Waals surface area contributed by atoms with Crippen LogP contribution in [0.5, 0.6) is 0 Å². The lowest BCUT2D eigenvalue weighted by atomic mass is 9.87. The largest absolute Gasteiger partial charge is 0.326 e. The van der Waals surface area contributed by atoms with Crippen LogP contribution in [0.1, 0.15) is 18.9 Å². The Hall–Kier alpha value is -2.35. The van der Waals surface area contributed by atoms with Gasteiger partial charge in [-0.05, 0) is 12.0 Å². The lowest BCUT2D eigenvalue weighted by molar-refractivity contribution is -0.131. The van der Waals surface area contributed by atoms with Gasteiger partial charge < -0.3 is 5.32 Å². The molecule has 1 fully saturated rings. The Balaban J connectivity index is 2.45. The standard InChI is InChI=1S/C13H13N3O2/c1-2-13(10-6-4-3-5-7-10)11(17)16(9-8-14)12(18)15-13/h3-7H,2,9H2,1H3,(H,15,18)/t13-/m1/s1. The van der Waals surface area contributed by atoms with Crippen molar-refractivity contribution in [3.05, 3.63) is 35.9 Å². The van der Waals surface area contributed by atoms with Crippen LogP contribution in [0.25, 0.3) is 0 Å². The van der Waals surface area contributed by atoms with E-state index in [0.29, 0.717) is 6.42 Å². The first-order chi connectivity index (χ1) is 8.65. The van der Waals surface area contributed by atoms with E-state index >= 15 is 0 Å². The van der Waals surface area contributed by atoms with Crippen LogP contribution in [0.15, 0.2) is 30.3 Å². The molecule has 0 aliphatic carbocycles. The smallest absolute Gasteiger partial charge is 0.319 e. The van der Waals surface area contributed by atoms with Crippen molar-refractivity contribution in [1.29, 1.82) is 5.26 Å². The predicted molar refractivity (Wildman–Crippen MR) is 64.3 cm³/mol. The molecule has 1 aromatic carbocycles. The summed E-state index contributed by atoms with van der Waals surface area (Å²) in [6, 6.07) is 10.4. The average molecular weight is 243 g/mol. The fraction of sp³-hybridized carbons (Fsp3) is 0.308. The zero-order valence-electron chi connectivity index (χ0n) is 10.0. The van der Waals surface area contributed by atoms with E-state index in [1.54, 1.807) is 12.1 Å². The molecule has 1 aliphatic rings. The molecule has 1 aliphatic heterocycles. The number of benzene rings is 1. The second kappa shape index (κ2) is 4.49. The Morgan fingerprint density at radius 3 is 2.56 bits per heavy atom. The molecule has 0 unspecified atom stereocenters. The van der Waals surface area contributed by atoms with Gasteiger partial charge in [-0.3, -0.25) is 4.79 Å². The summed E-state index contributed by atoms with van der Waals surface area (Å²) in [4.78, 5) is 25.1. The van der Waals surface area contributed by atoms with Gasteiger partial charge in [-0.2, -0.15) is 5.26 Å². The Morgan fingerprint density at radius 2 is 2.00 bits per heavy atom. The third kappa shape index (κ3) is 1.63. The molecule has 92 valence electrons. The molecule has 0 bridgehead atoms. The van der Waals surface area contributed by atoms with Gasteiger partial charge in [0.2, 0.25) is 0 Å². The summed E-state index contributed by atoms with van der Waals surface area (Å²) < 4.78 is 0. The first-order valence-corrected chi connectivity index (χ1v) is 5.72. The fourth-order valence-corrected chi connectivity index (χ4v) is 2.20. The molecule has 5 nitrogen and oxygen atoms in total. The maximum absolute atomic E-state index is 12.4. The Morgan fingerprint density at radius 1 is 1.33 bits per heavy atom. The van der Waals surface area contributed by atoms with Crippen molar-refractivity contribution in [3.63, 3.8) is 0 Å². The minimum atomic E-state index is -1.03. The number of carbonyl (C=O) groups excluding carboxylic acids is 2. The van der Waals surface area contributed by atoms with Crippen LogP contribution in [0.3, 0.4) is 0 Å². The number of rotatable bonds is 3. The maximum Gasteiger partial charge on any atom is 0.326 e. The number of hydrogen-bond donors (Lipinski definition) is 1. The highest BCUT2D eigenvalue weighted by Gasteiger charge is 2.50. The first kappa shape index (κ1) is 12.1. The molecule has 1 saturated heterocycles. The van der Waals surface area contributed by atoms with Crippen LogP contribution in [0, 0.1) is 11.3 Å². The number of hydrogen-bond acceptors (Lipinski definition) is 3. The Labute approximate surface area is 105 Å². The molecule has 5 heteroatoms. The van der Waals surface area contributed by atoms with Gasteiger partial charge in [0.15, 0.2) is 0 Å².